The molecule has 0 atom stereocenters. The number of rotatable bonds is 5. The van der Waals surface area contributed by atoms with Crippen molar-refractivity contribution in [1.82, 2.24) is 0 Å². The number of ether oxygens (including phenoxy) is 1. The van der Waals surface area contributed by atoms with Gasteiger partial charge in [0.25, 0.3) is 0 Å². The summed E-state index contributed by atoms with van der Waals surface area (Å²) in [7, 11) is 0. The van der Waals surface area contributed by atoms with E-state index in [1.54, 1.807) is 0 Å². The van der Waals surface area contributed by atoms with Gasteiger partial charge < -0.3 is 15.2 Å². The monoisotopic (exact) mass is 249 g/mol. The Morgan fingerprint density at radius 2 is 2.06 bits per heavy atom. The third kappa shape index (κ3) is 2.48. The molecule has 1 aromatic rings. The third-order valence-corrected chi connectivity index (χ3v) is 3.40. The normalized spacial score (nSPS) is 26.4. The molecule has 0 amide bonds. The van der Waals surface area contributed by atoms with Crippen LogP contribution in [0.3, 0.4) is 0 Å². The summed E-state index contributed by atoms with van der Waals surface area (Å²) >= 11 is 0. The Kier molecular flexibility index (Phi) is 3.57. The largest absolute Gasteiger partial charge is 0.480 e. The van der Waals surface area contributed by atoms with E-state index in [0.717, 1.165) is 11.3 Å². The van der Waals surface area contributed by atoms with Gasteiger partial charge in [-0.1, -0.05) is 17.7 Å². The second-order valence-corrected chi connectivity index (χ2v) is 4.86. The first-order valence-electron chi connectivity index (χ1n) is 6.25. The maximum Gasteiger partial charge on any atom is 0.329 e. The summed E-state index contributed by atoms with van der Waals surface area (Å²) in [6, 6.07) is 7.76. The average molecular weight is 249 g/mol. The van der Waals surface area contributed by atoms with Crippen LogP contribution in [0.15, 0.2) is 24.3 Å². The van der Waals surface area contributed by atoms with Gasteiger partial charge >= 0.3 is 5.97 Å². The number of carboxylic acid groups (broad SMARTS) is 1. The number of benzene rings is 1. The van der Waals surface area contributed by atoms with Crippen LogP contribution in [-0.4, -0.2) is 29.3 Å². The molecular weight excluding hydrogens is 230 g/mol. The lowest BCUT2D eigenvalue weighted by Crippen LogP contribution is -2.59. The standard InChI is InChI=1S/C14H19NO3/c1-3-18-12-8-14(9-12,13(16)17)15-11-6-4-10(2)5-7-11/h4-7,12,15H,3,8-9H2,1-2H3,(H,16,17). The lowest BCUT2D eigenvalue weighted by atomic mass is 9.74. The van der Waals surface area contributed by atoms with Gasteiger partial charge in [-0.05, 0) is 26.0 Å². The summed E-state index contributed by atoms with van der Waals surface area (Å²) in [6.07, 6.45) is 1.10. The minimum Gasteiger partial charge on any atom is -0.480 e. The Morgan fingerprint density at radius 3 is 2.56 bits per heavy atom. The molecule has 0 bridgehead atoms. The first-order valence-corrected chi connectivity index (χ1v) is 6.25. The maximum absolute atomic E-state index is 11.4. The SMILES string of the molecule is CCOC1CC(Nc2ccc(C)cc2)(C(=O)O)C1. The lowest BCUT2D eigenvalue weighted by Gasteiger charge is -2.44. The number of hydrogen-bond acceptors (Lipinski definition) is 3. The van der Waals surface area contributed by atoms with Crippen molar-refractivity contribution in [2.45, 2.75) is 38.3 Å². The highest BCUT2D eigenvalue weighted by atomic mass is 16.5. The number of aliphatic carboxylic acids is 1. The van der Waals surface area contributed by atoms with Crippen LogP contribution in [0.4, 0.5) is 5.69 Å². The number of hydrogen-bond donors (Lipinski definition) is 2. The van der Waals surface area contributed by atoms with E-state index in [0.29, 0.717) is 19.4 Å². The van der Waals surface area contributed by atoms with Crippen molar-refractivity contribution in [1.29, 1.82) is 0 Å². The molecule has 98 valence electrons. The highest BCUT2D eigenvalue weighted by Crippen LogP contribution is 2.38. The molecule has 1 aromatic carbocycles. The number of anilines is 1. The first-order chi connectivity index (χ1) is 8.55. The maximum atomic E-state index is 11.4. The molecule has 1 aliphatic rings. The zero-order chi connectivity index (χ0) is 13.2. The van der Waals surface area contributed by atoms with Crippen LogP contribution in [0.5, 0.6) is 0 Å². The second kappa shape index (κ2) is 4.98. The Labute approximate surface area is 107 Å². The van der Waals surface area contributed by atoms with Crippen molar-refractivity contribution in [3.8, 4) is 0 Å². The molecule has 1 aliphatic carbocycles. The van der Waals surface area contributed by atoms with Gasteiger partial charge in [0.15, 0.2) is 0 Å². The molecule has 0 aromatic heterocycles. The lowest BCUT2D eigenvalue weighted by molar-refractivity contribution is -0.152. The number of carboxylic acids is 1. The fraction of sp³-hybridized carbons (Fsp3) is 0.500. The van der Waals surface area contributed by atoms with E-state index >= 15 is 0 Å². The van der Waals surface area contributed by atoms with Crippen molar-refractivity contribution >= 4 is 11.7 Å². The quantitative estimate of drug-likeness (QED) is 0.841. The predicted octanol–water partition coefficient (Wildman–Crippen LogP) is 2.43. The molecule has 1 saturated carbocycles. The Bertz CT molecular complexity index is 421. The predicted molar refractivity (Wildman–Crippen MR) is 69.8 cm³/mol. The smallest absolute Gasteiger partial charge is 0.329 e. The molecule has 4 nitrogen and oxygen atoms in total. The zero-order valence-corrected chi connectivity index (χ0v) is 10.8. The van der Waals surface area contributed by atoms with Crippen LogP contribution in [0.2, 0.25) is 0 Å². The topological polar surface area (TPSA) is 58.6 Å². The van der Waals surface area contributed by atoms with E-state index in [-0.39, 0.29) is 6.10 Å². The number of nitrogens with one attached hydrogen (secondary N) is 1. The molecule has 18 heavy (non-hydrogen) atoms. The Morgan fingerprint density at radius 1 is 1.44 bits per heavy atom. The van der Waals surface area contributed by atoms with Crippen LogP contribution in [0.1, 0.15) is 25.3 Å². The molecule has 0 aliphatic heterocycles. The minimum atomic E-state index is -0.866. The summed E-state index contributed by atoms with van der Waals surface area (Å²) in [6.45, 7) is 4.56. The van der Waals surface area contributed by atoms with Gasteiger partial charge in [-0.25, -0.2) is 4.79 Å². The van der Waals surface area contributed by atoms with E-state index in [2.05, 4.69) is 5.32 Å². The molecule has 0 heterocycles. The van der Waals surface area contributed by atoms with Gasteiger partial charge in [0.05, 0.1) is 6.10 Å². The van der Waals surface area contributed by atoms with Crippen molar-refractivity contribution in [3.63, 3.8) is 0 Å². The van der Waals surface area contributed by atoms with Crippen molar-refractivity contribution in [3.05, 3.63) is 29.8 Å². The van der Waals surface area contributed by atoms with Crippen LogP contribution >= 0.6 is 0 Å². The van der Waals surface area contributed by atoms with Crippen molar-refractivity contribution < 1.29 is 14.6 Å². The van der Waals surface area contributed by atoms with Gasteiger partial charge in [-0.3, -0.25) is 0 Å². The van der Waals surface area contributed by atoms with Gasteiger partial charge in [0, 0.05) is 25.1 Å². The fourth-order valence-corrected chi connectivity index (χ4v) is 2.31. The highest BCUT2D eigenvalue weighted by molar-refractivity contribution is 5.84. The van der Waals surface area contributed by atoms with E-state index in [9.17, 15) is 9.90 Å². The van der Waals surface area contributed by atoms with Crippen molar-refractivity contribution in [2.75, 3.05) is 11.9 Å². The summed E-state index contributed by atoms with van der Waals surface area (Å²) in [4.78, 5) is 11.4. The molecule has 2 rings (SSSR count). The fourth-order valence-electron chi connectivity index (χ4n) is 2.31. The van der Waals surface area contributed by atoms with Gasteiger partial charge in [0.1, 0.15) is 5.54 Å². The molecule has 0 saturated heterocycles. The molecule has 0 unspecified atom stereocenters. The Hall–Kier alpha value is -1.55. The minimum absolute atomic E-state index is 0.0593. The second-order valence-electron chi connectivity index (χ2n) is 4.86. The number of aryl methyl sites for hydroxylation is 1. The van der Waals surface area contributed by atoms with Crippen LogP contribution in [0.25, 0.3) is 0 Å². The van der Waals surface area contributed by atoms with Crippen LogP contribution < -0.4 is 5.32 Å². The molecule has 1 fully saturated rings. The molecular formula is C14H19NO3. The number of carbonyl (C=O) groups is 1. The zero-order valence-electron chi connectivity index (χ0n) is 10.8. The highest BCUT2D eigenvalue weighted by Gasteiger charge is 2.51. The molecule has 2 N–H and O–H groups in total. The van der Waals surface area contributed by atoms with Gasteiger partial charge in [0.2, 0.25) is 0 Å². The van der Waals surface area contributed by atoms with Gasteiger partial charge in [-0.2, -0.15) is 0 Å². The van der Waals surface area contributed by atoms with Gasteiger partial charge in [-0.15, -0.1) is 0 Å². The molecule has 0 radical (unpaired) electrons. The van der Waals surface area contributed by atoms with Crippen molar-refractivity contribution in [2.24, 2.45) is 0 Å². The first kappa shape index (κ1) is 12.9. The average Bonchev–Trinajstić information content (AvgIpc) is 2.28. The summed E-state index contributed by atoms with van der Waals surface area (Å²) in [5, 5.41) is 12.5. The van der Waals surface area contributed by atoms with Crippen LogP contribution in [0, 0.1) is 6.92 Å². The summed E-state index contributed by atoms with van der Waals surface area (Å²) < 4.78 is 5.44. The Balaban J connectivity index is 2.05. The van der Waals surface area contributed by atoms with E-state index < -0.39 is 11.5 Å². The third-order valence-electron chi connectivity index (χ3n) is 3.40. The molecule has 0 spiro atoms. The summed E-state index contributed by atoms with van der Waals surface area (Å²) in [5.41, 5.74) is 1.14. The van der Waals surface area contributed by atoms with E-state index in [1.165, 1.54) is 0 Å². The molecule has 4 heteroatoms. The van der Waals surface area contributed by atoms with E-state index in [1.807, 2.05) is 38.1 Å². The van der Waals surface area contributed by atoms with E-state index in [4.69, 9.17) is 4.74 Å². The van der Waals surface area contributed by atoms with Crippen LogP contribution in [-0.2, 0) is 9.53 Å². The summed E-state index contributed by atoms with van der Waals surface area (Å²) in [5.74, 6) is -0.806.